The summed E-state index contributed by atoms with van der Waals surface area (Å²) in [7, 11) is -2.52. The van der Waals surface area contributed by atoms with Gasteiger partial charge < -0.3 is 14.8 Å². The van der Waals surface area contributed by atoms with E-state index in [1.807, 2.05) is 0 Å². The Balaban J connectivity index is 2.35. The van der Waals surface area contributed by atoms with E-state index in [-0.39, 0.29) is 39.3 Å². The Morgan fingerprint density at radius 2 is 1.84 bits per heavy atom. The maximum atomic E-state index is 12.9. The minimum Gasteiger partial charge on any atom is -0.495 e. The van der Waals surface area contributed by atoms with Crippen LogP contribution in [0.4, 0.5) is 11.4 Å². The summed E-state index contributed by atoms with van der Waals surface area (Å²) in [5.74, 6) is -0.975. The van der Waals surface area contributed by atoms with Crippen LogP contribution in [-0.2, 0) is 19.6 Å². The molecule has 0 aliphatic rings. The van der Waals surface area contributed by atoms with Crippen molar-refractivity contribution in [1.82, 2.24) is 0 Å². The molecule has 31 heavy (non-hydrogen) atoms. The highest BCUT2D eigenvalue weighted by molar-refractivity contribution is 7.92. The lowest BCUT2D eigenvalue weighted by Gasteiger charge is -2.29. The van der Waals surface area contributed by atoms with Crippen molar-refractivity contribution in [2.45, 2.75) is 19.9 Å². The molecule has 0 aromatic heterocycles. The number of esters is 1. The molecule has 8 nitrogen and oxygen atoms in total. The van der Waals surface area contributed by atoms with Gasteiger partial charge in [-0.2, -0.15) is 0 Å². The minimum atomic E-state index is -3.90. The number of benzene rings is 2. The Bertz CT molecular complexity index is 1090. The number of sulfonamides is 1. The fraction of sp³-hybridized carbons (Fsp3) is 0.300. The van der Waals surface area contributed by atoms with E-state index >= 15 is 0 Å². The van der Waals surface area contributed by atoms with E-state index in [1.165, 1.54) is 44.4 Å². The molecule has 0 spiro atoms. The van der Waals surface area contributed by atoms with Crippen molar-refractivity contribution in [2.24, 2.45) is 0 Å². The van der Waals surface area contributed by atoms with Crippen LogP contribution in [0.1, 0.15) is 24.2 Å². The smallest absolute Gasteiger partial charge is 0.338 e. The van der Waals surface area contributed by atoms with E-state index in [0.29, 0.717) is 0 Å². The monoisotopic (exact) mass is 488 g/mol. The number of carbonyl (C=O) groups excluding carboxylic acids is 2. The van der Waals surface area contributed by atoms with Gasteiger partial charge >= 0.3 is 5.97 Å². The van der Waals surface area contributed by atoms with E-state index < -0.39 is 27.9 Å². The summed E-state index contributed by atoms with van der Waals surface area (Å²) in [5, 5.41) is 2.95. The third-order valence-electron chi connectivity index (χ3n) is 4.20. The first kappa shape index (κ1) is 24.8. The molecule has 2 rings (SSSR count). The molecule has 1 atom stereocenters. The van der Waals surface area contributed by atoms with Gasteiger partial charge in [0.15, 0.2) is 0 Å². The van der Waals surface area contributed by atoms with Gasteiger partial charge in [0, 0.05) is 5.02 Å². The zero-order valence-corrected chi connectivity index (χ0v) is 19.6. The van der Waals surface area contributed by atoms with Gasteiger partial charge in [-0.1, -0.05) is 23.2 Å². The number of rotatable bonds is 8. The van der Waals surface area contributed by atoms with Gasteiger partial charge in [-0.05, 0) is 50.2 Å². The standard InChI is InChI=1S/C20H22Cl2N2O6S/c1-5-30-20(26)13-6-8-16(15(22)10-13)23-19(25)12(2)24(31(4,27)28)17-11-14(21)7-9-18(17)29-3/h6-12H,5H2,1-4H3,(H,23,25)/t12-/m0/s1. The molecule has 0 heterocycles. The number of hydrogen-bond donors (Lipinski definition) is 1. The van der Waals surface area contributed by atoms with Crippen molar-refractivity contribution in [1.29, 1.82) is 0 Å². The second-order valence-corrected chi connectivity index (χ2v) is 9.16. The fourth-order valence-corrected chi connectivity index (χ4v) is 4.38. The molecule has 0 radical (unpaired) electrons. The number of nitrogens with zero attached hydrogens (tertiary/aromatic N) is 1. The molecule has 2 aromatic rings. The SMILES string of the molecule is CCOC(=O)c1ccc(NC(=O)[C@H](C)N(c2cc(Cl)ccc2OC)S(C)(=O)=O)c(Cl)c1. The lowest BCUT2D eigenvalue weighted by Crippen LogP contribution is -2.45. The summed E-state index contributed by atoms with van der Waals surface area (Å²) >= 11 is 12.2. The lowest BCUT2D eigenvalue weighted by atomic mass is 10.2. The van der Waals surface area contributed by atoms with E-state index in [2.05, 4.69) is 5.32 Å². The lowest BCUT2D eigenvalue weighted by molar-refractivity contribution is -0.116. The summed E-state index contributed by atoms with van der Waals surface area (Å²) in [5.41, 5.74) is 0.543. The summed E-state index contributed by atoms with van der Waals surface area (Å²) in [6, 6.07) is 7.50. The Kier molecular flexibility index (Phi) is 8.16. The van der Waals surface area contributed by atoms with E-state index in [1.54, 1.807) is 13.0 Å². The summed E-state index contributed by atoms with van der Waals surface area (Å²) in [6.07, 6.45) is 0.970. The second-order valence-electron chi connectivity index (χ2n) is 6.46. The molecular weight excluding hydrogens is 467 g/mol. The van der Waals surface area contributed by atoms with Crippen LogP contribution < -0.4 is 14.4 Å². The maximum Gasteiger partial charge on any atom is 0.338 e. The molecular formula is C20H22Cl2N2O6S. The molecule has 1 N–H and O–H groups in total. The summed E-state index contributed by atoms with van der Waals surface area (Å²) in [4.78, 5) is 24.7. The van der Waals surface area contributed by atoms with Crippen LogP contribution in [0.15, 0.2) is 36.4 Å². The van der Waals surface area contributed by atoms with Crippen LogP contribution in [-0.4, -0.2) is 46.3 Å². The number of hydrogen-bond acceptors (Lipinski definition) is 6. The molecule has 0 saturated heterocycles. The predicted octanol–water partition coefficient (Wildman–Crippen LogP) is 3.97. The highest BCUT2D eigenvalue weighted by atomic mass is 35.5. The third kappa shape index (κ3) is 6.03. The Labute approximate surface area is 191 Å². The van der Waals surface area contributed by atoms with Gasteiger partial charge in [0.2, 0.25) is 15.9 Å². The van der Waals surface area contributed by atoms with Crippen molar-refractivity contribution in [2.75, 3.05) is 29.6 Å². The van der Waals surface area contributed by atoms with Crippen LogP contribution in [0, 0.1) is 0 Å². The fourth-order valence-electron chi connectivity index (χ4n) is 2.81. The number of anilines is 2. The average Bonchev–Trinajstić information content (AvgIpc) is 2.68. The Hall–Kier alpha value is -2.49. The van der Waals surface area contributed by atoms with E-state index in [4.69, 9.17) is 32.7 Å². The highest BCUT2D eigenvalue weighted by Crippen LogP contribution is 2.34. The van der Waals surface area contributed by atoms with Crippen molar-refractivity contribution in [3.8, 4) is 5.75 Å². The number of amides is 1. The number of nitrogens with one attached hydrogen (secondary N) is 1. The molecule has 1 amide bonds. The second kappa shape index (κ2) is 10.2. The molecule has 0 saturated carbocycles. The molecule has 168 valence electrons. The largest absolute Gasteiger partial charge is 0.495 e. The number of methoxy groups -OCH3 is 1. The van der Waals surface area contributed by atoms with Crippen molar-refractivity contribution in [3.05, 3.63) is 52.0 Å². The van der Waals surface area contributed by atoms with Gasteiger partial charge in [0.1, 0.15) is 11.8 Å². The van der Waals surface area contributed by atoms with Gasteiger partial charge in [0.25, 0.3) is 0 Å². The van der Waals surface area contributed by atoms with Crippen molar-refractivity contribution in [3.63, 3.8) is 0 Å². The van der Waals surface area contributed by atoms with Crippen LogP contribution in [0.5, 0.6) is 5.75 Å². The first-order chi connectivity index (χ1) is 14.5. The number of halogens is 2. The minimum absolute atomic E-state index is 0.0948. The van der Waals surface area contributed by atoms with Gasteiger partial charge in [-0.25, -0.2) is 13.2 Å². The topological polar surface area (TPSA) is 102 Å². The molecule has 2 aromatic carbocycles. The third-order valence-corrected chi connectivity index (χ3v) is 5.98. The Morgan fingerprint density at radius 1 is 1.16 bits per heavy atom. The first-order valence-electron chi connectivity index (χ1n) is 9.10. The summed E-state index contributed by atoms with van der Waals surface area (Å²) < 4.78 is 36.1. The highest BCUT2D eigenvalue weighted by Gasteiger charge is 2.32. The molecule has 0 fully saturated rings. The van der Waals surface area contributed by atoms with Crippen LogP contribution >= 0.6 is 23.2 Å². The van der Waals surface area contributed by atoms with Gasteiger partial charge in [0.05, 0.1) is 41.9 Å². The molecule has 0 bridgehead atoms. The number of ether oxygens (including phenoxy) is 2. The normalized spacial score (nSPS) is 12.1. The quantitative estimate of drug-likeness (QED) is 0.563. The van der Waals surface area contributed by atoms with Crippen molar-refractivity contribution < 1.29 is 27.5 Å². The Morgan fingerprint density at radius 3 is 2.39 bits per heavy atom. The molecule has 11 heteroatoms. The van der Waals surface area contributed by atoms with Gasteiger partial charge in [-0.15, -0.1) is 0 Å². The maximum absolute atomic E-state index is 12.9. The van der Waals surface area contributed by atoms with Crippen LogP contribution in [0.3, 0.4) is 0 Å². The van der Waals surface area contributed by atoms with E-state index in [9.17, 15) is 18.0 Å². The zero-order valence-electron chi connectivity index (χ0n) is 17.3. The molecule has 0 unspecified atom stereocenters. The molecule has 0 aliphatic heterocycles. The molecule has 0 aliphatic carbocycles. The average molecular weight is 489 g/mol. The van der Waals surface area contributed by atoms with Gasteiger partial charge in [-0.3, -0.25) is 9.10 Å². The predicted molar refractivity (Wildman–Crippen MR) is 121 cm³/mol. The summed E-state index contributed by atoms with van der Waals surface area (Å²) in [6.45, 7) is 3.30. The van der Waals surface area contributed by atoms with Crippen LogP contribution in [0.2, 0.25) is 10.0 Å². The van der Waals surface area contributed by atoms with Crippen molar-refractivity contribution >= 4 is 56.5 Å². The van der Waals surface area contributed by atoms with Crippen LogP contribution in [0.25, 0.3) is 0 Å². The van der Waals surface area contributed by atoms with E-state index in [0.717, 1.165) is 10.6 Å². The first-order valence-corrected chi connectivity index (χ1v) is 11.7. The number of carbonyl (C=O) groups is 2. The zero-order chi connectivity index (χ0) is 23.3.